The zero-order valence-corrected chi connectivity index (χ0v) is 8.06. The molecule has 0 bridgehead atoms. The molecule has 0 radical (unpaired) electrons. The topological polar surface area (TPSA) is 63.0 Å². The first-order valence-corrected chi connectivity index (χ1v) is 4.45. The average molecular weight is 184 g/mol. The molecule has 0 aromatic carbocycles. The van der Waals surface area contributed by atoms with Gasteiger partial charge in [0.2, 0.25) is 0 Å². The van der Waals surface area contributed by atoms with E-state index in [0.717, 1.165) is 12.2 Å². The molecule has 0 saturated carbocycles. The summed E-state index contributed by atoms with van der Waals surface area (Å²) >= 11 is 0. The number of nitrogens with zero attached hydrogens (tertiary/aromatic N) is 3. The van der Waals surface area contributed by atoms with Crippen LogP contribution < -0.4 is 5.32 Å². The lowest BCUT2D eigenvalue weighted by Crippen LogP contribution is -2.21. The Kier molecular flexibility index (Phi) is 3.85. The molecule has 1 rings (SSSR count). The first kappa shape index (κ1) is 10.1. The molecule has 0 atom stereocenters. The highest BCUT2D eigenvalue weighted by atomic mass is 16.3. The van der Waals surface area contributed by atoms with E-state index in [1.807, 2.05) is 6.20 Å². The van der Waals surface area contributed by atoms with Crippen molar-refractivity contribution in [2.45, 2.75) is 33.0 Å². The maximum atomic E-state index is 8.64. The van der Waals surface area contributed by atoms with Crippen LogP contribution in [0, 0.1) is 0 Å². The van der Waals surface area contributed by atoms with Crippen LogP contribution in [0.2, 0.25) is 0 Å². The van der Waals surface area contributed by atoms with Gasteiger partial charge in [-0.1, -0.05) is 19.1 Å². The van der Waals surface area contributed by atoms with Crippen LogP contribution in [0.5, 0.6) is 0 Å². The zero-order chi connectivity index (χ0) is 9.68. The highest BCUT2D eigenvalue weighted by molar-refractivity contribution is 4.91. The summed E-state index contributed by atoms with van der Waals surface area (Å²) in [6.07, 6.45) is 1.84. The molecule has 0 aliphatic carbocycles. The van der Waals surface area contributed by atoms with Crippen molar-refractivity contribution < 1.29 is 5.11 Å². The Bertz CT molecular complexity index is 246. The minimum atomic E-state index is 0.0976. The van der Waals surface area contributed by atoms with E-state index in [2.05, 4.69) is 29.5 Å². The van der Waals surface area contributed by atoms with Gasteiger partial charge in [0.15, 0.2) is 0 Å². The number of nitrogens with one attached hydrogen (secondary N) is 1. The monoisotopic (exact) mass is 184 g/mol. The Morgan fingerprint density at radius 1 is 1.62 bits per heavy atom. The molecular weight excluding hydrogens is 168 g/mol. The Labute approximate surface area is 77.8 Å². The standard InChI is InChI=1S/C8H16N4O/c1-7(2)9-5-8-6-12(3-4-13)11-10-8/h6-7,9,13H,3-5H2,1-2H3. The molecule has 0 unspecified atom stereocenters. The third-order valence-corrected chi connectivity index (χ3v) is 1.61. The van der Waals surface area contributed by atoms with Crippen LogP contribution in [0.3, 0.4) is 0 Å². The van der Waals surface area contributed by atoms with Crippen molar-refractivity contribution in [3.8, 4) is 0 Å². The molecule has 0 spiro atoms. The molecule has 5 heteroatoms. The summed E-state index contributed by atoms with van der Waals surface area (Å²) in [7, 11) is 0. The molecule has 0 saturated heterocycles. The maximum Gasteiger partial charge on any atom is 0.0964 e. The minimum Gasteiger partial charge on any atom is -0.394 e. The number of hydrogen-bond acceptors (Lipinski definition) is 4. The molecule has 74 valence electrons. The summed E-state index contributed by atoms with van der Waals surface area (Å²) in [6.45, 7) is 5.49. The largest absolute Gasteiger partial charge is 0.394 e. The molecule has 0 fully saturated rings. The SMILES string of the molecule is CC(C)NCc1cn(CCO)nn1. The van der Waals surface area contributed by atoms with E-state index in [1.54, 1.807) is 4.68 Å². The van der Waals surface area contributed by atoms with Crippen LogP contribution in [0.1, 0.15) is 19.5 Å². The smallest absolute Gasteiger partial charge is 0.0964 e. The lowest BCUT2D eigenvalue weighted by atomic mass is 10.3. The number of hydrogen-bond donors (Lipinski definition) is 2. The van der Waals surface area contributed by atoms with Crippen molar-refractivity contribution in [1.29, 1.82) is 0 Å². The minimum absolute atomic E-state index is 0.0976. The van der Waals surface area contributed by atoms with Gasteiger partial charge in [0, 0.05) is 18.8 Å². The Hall–Kier alpha value is -0.940. The summed E-state index contributed by atoms with van der Waals surface area (Å²) in [5, 5.41) is 19.7. The van der Waals surface area contributed by atoms with E-state index >= 15 is 0 Å². The first-order valence-electron chi connectivity index (χ1n) is 4.45. The van der Waals surface area contributed by atoms with Gasteiger partial charge < -0.3 is 10.4 Å². The highest BCUT2D eigenvalue weighted by Crippen LogP contribution is 1.93. The summed E-state index contributed by atoms with van der Waals surface area (Å²) in [5.41, 5.74) is 0.905. The molecule has 0 aliphatic rings. The fraction of sp³-hybridized carbons (Fsp3) is 0.750. The number of rotatable bonds is 5. The van der Waals surface area contributed by atoms with Gasteiger partial charge in [-0.3, -0.25) is 0 Å². The molecule has 0 amide bonds. The van der Waals surface area contributed by atoms with Crippen molar-refractivity contribution in [1.82, 2.24) is 20.3 Å². The molecule has 0 aliphatic heterocycles. The summed E-state index contributed by atoms with van der Waals surface area (Å²) in [5.74, 6) is 0. The van der Waals surface area contributed by atoms with Crippen molar-refractivity contribution in [2.75, 3.05) is 6.61 Å². The molecule has 5 nitrogen and oxygen atoms in total. The second-order valence-electron chi connectivity index (χ2n) is 3.23. The van der Waals surface area contributed by atoms with Gasteiger partial charge in [-0.25, -0.2) is 4.68 Å². The maximum absolute atomic E-state index is 8.64. The third kappa shape index (κ3) is 3.52. The van der Waals surface area contributed by atoms with Crippen LogP contribution >= 0.6 is 0 Å². The molecule has 2 N–H and O–H groups in total. The van der Waals surface area contributed by atoms with E-state index in [4.69, 9.17) is 5.11 Å². The predicted molar refractivity (Wildman–Crippen MR) is 49.1 cm³/mol. The van der Waals surface area contributed by atoms with Crippen LogP contribution in [0.4, 0.5) is 0 Å². The van der Waals surface area contributed by atoms with Crippen LogP contribution in [0.25, 0.3) is 0 Å². The normalized spacial score (nSPS) is 11.1. The number of aliphatic hydroxyl groups is 1. The van der Waals surface area contributed by atoms with Gasteiger partial charge in [0.1, 0.15) is 0 Å². The quantitative estimate of drug-likeness (QED) is 0.663. The second-order valence-corrected chi connectivity index (χ2v) is 3.23. The summed E-state index contributed by atoms with van der Waals surface area (Å²) in [4.78, 5) is 0. The van der Waals surface area contributed by atoms with Gasteiger partial charge in [0.25, 0.3) is 0 Å². The van der Waals surface area contributed by atoms with Crippen molar-refractivity contribution in [3.63, 3.8) is 0 Å². The number of aliphatic hydroxyl groups excluding tert-OH is 1. The zero-order valence-electron chi connectivity index (χ0n) is 8.06. The summed E-state index contributed by atoms with van der Waals surface area (Å²) in [6, 6.07) is 0.447. The lowest BCUT2D eigenvalue weighted by Gasteiger charge is -2.03. The fourth-order valence-corrected chi connectivity index (χ4v) is 0.940. The highest BCUT2D eigenvalue weighted by Gasteiger charge is 2.00. The van der Waals surface area contributed by atoms with E-state index in [0.29, 0.717) is 12.6 Å². The van der Waals surface area contributed by atoms with Gasteiger partial charge in [-0.05, 0) is 0 Å². The van der Waals surface area contributed by atoms with Crippen molar-refractivity contribution in [2.24, 2.45) is 0 Å². The van der Waals surface area contributed by atoms with Crippen LogP contribution in [-0.2, 0) is 13.1 Å². The van der Waals surface area contributed by atoms with Crippen molar-refractivity contribution in [3.05, 3.63) is 11.9 Å². The van der Waals surface area contributed by atoms with Crippen molar-refractivity contribution >= 4 is 0 Å². The Balaban J connectivity index is 2.39. The van der Waals surface area contributed by atoms with E-state index in [9.17, 15) is 0 Å². The Morgan fingerprint density at radius 3 is 3.00 bits per heavy atom. The first-order chi connectivity index (χ1) is 6.22. The van der Waals surface area contributed by atoms with Gasteiger partial charge >= 0.3 is 0 Å². The fourth-order valence-electron chi connectivity index (χ4n) is 0.940. The molecule has 1 aromatic rings. The summed E-state index contributed by atoms with van der Waals surface area (Å²) < 4.78 is 1.64. The lowest BCUT2D eigenvalue weighted by molar-refractivity contribution is 0.268. The van der Waals surface area contributed by atoms with E-state index in [1.165, 1.54) is 0 Å². The molecule has 13 heavy (non-hydrogen) atoms. The van der Waals surface area contributed by atoms with Crippen LogP contribution in [0.15, 0.2) is 6.20 Å². The van der Waals surface area contributed by atoms with Gasteiger partial charge in [0.05, 0.1) is 18.8 Å². The Morgan fingerprint density at radius 2 is 2.38 bits per heavy atom. The predicted octanol–water partition coefficient (Wildman–Crippen LogP) is -0.232. The van der Waals surface area contributed by atoms with E-state index < -0.39 is 0 Å². The van der Waals surface area contributed by atoms with Crippen LogP contribution in [-0.4, -0.2) is 32.7 Å². The third-order valence-electron chi connectivity index (χ3n) is 1.61. The molecule has 1 heterocycles. The van der Waals surface area contributed by atoms with Gasteiger partial charge in [-0.15, -0.1) is 5.10 Å². The average Bonchev–Trinajstić information content (AvgIpc) is 2.50. The molecule has 1 aromatic heterocycles. The number of aromatic nitrogens is 3. The van der Waals surface area contributed by atoms with E-state index in [-0.39, 0.29) is 6.61 Å². The second kappa shape index (κ2) is 4.94. The van der Waals surface area contributed by atoms with Gasteiger partial charge in [-0.2, -0.15) is 0 Å². The molecular formula is C8H16N4O.